The van der Waals surface area contributed by atoms with Gasteiger partial charge in [0.2, 0.25) is 0 Å². The van der Waals surface area contributed by atoms with Gasteiger partial charge in [-0.15, -0.1) is 0 Å². The Kier molecular flexibility index (Phi) is 1.35. The van der Waals surface area contributed by atoms with Crippen LogP contribution in [0, 0.1) is 7.11 Å². The van der Waals surface area contributed by atoms with E-state index in [-0.39, 0.29) is 0 Å². The van der Waals surface area contributed by atoms with Crippen LogP contribution in [0.2, 0.25) is 0 Å². The van der Waals surface area contributed by atoms with E-state index in [1.165, 1.54) is 0 Å². The van der Waals surface area contributed by atoms with Crippen LogP contribution >= 0.6 is 0 Å². The summed E-state index contributed by atoms with van der Waals surface area (Å²) in [5, 5.41) is 0. The molecule has 0 aliphatic heterocycles. The maximum absolute atomic E-state index is 9.31. The van der Waals surface area contributed by atoms with Crippen molar-refractivity contribution in [1.29, 1.82) is 0 Å². The summed E-state index contributed by atoms with van der Waals surface area (Å²) in [6.07, 6.45) is -0.856. The Bertz CT molecular complexity index is 42.9. The number of amides is 1. The van der Waals surface area contributed by atoms with Crippen LogP contribution in [0.1, 0.15) is 0 Å². The molecule has 29 valence electrons. The summed E-state index contributed by atoms with van der Waals surface area (Å²) in [5.74, 6) is 0. The van der Waals surface area contributed by atoms with Crippen LogP contribution in [0.4, 0.5) is 4.79 Å². The first kappa shape index (κ1) is 4.27. The van der Waals surface area contributed by atoms with E-state index in [0.29, 0.717) is 0 Å². The van der Waals surface area contributed by atoms with Crippen molar-refractivity contribution in [3.63, 3.8) is 0 Å². The third kappa shape index (κ3) is 3.27. The van der Waals surface area contributed by atoms with E-state index in [9.17, 15) is 4.79 Å². The molecule has 0 atom stereocenters. The molecule has 2 N–H and O–H groups in total. The molecule has 0 saturated carbocycles. The van der Waals surface area contributed by atoms with Gasteiger partial charge >= 0.3 is 6.09 Å². The lowest BCUT2D eigenvalue weighted by atomic mass is 11.3. The van der Waals surface area contributed by atoms with Crippen molar-refractivity contribution >= 4 is 6.09 Å². The van der Waals surface area contributed by atoms with Gasteiger partial charge in [-0.3, -0.25) is 0 Å². The molecule has 5 heavy (non-hydrogen) atoms. The summed E-state index contributed by atoms with van der Waals surface area (Å²) in [5.41, 5.74) is 4.37. The van der Waals surface area contributed by atoms with Gasteiger partial charge in [0, 0.05) is 0 Å². The number of nitrogens with two attached hydrogens (primary N) is 1. The lowest BCUT2D eigenvalue weighted by Crippen LogP contribution is -2.07. The molecule has 0 aromatic rings. The predicted octanol–water partition coefficient (Wildman–Crippen LogP) is -0.127. The van der Waals surface area contributed by atoms with Crippen molar-refractivity contribution in [3.8, 4) is 0 Å². The van der Waals surface area contributed by atoms with Crippen LogP contribution in [-0.4, -0.2) is 6.09 Å². The van der Waals surface area contributed by atoms with Gasteiger partial charge in [0.05, 0.1) is 0 Å². The van der Waals surface area contributed by atoms with Gasteiger partial charge < -0.3 is 10.5 Å². The minimum absolute atomic E-state index is 0.856. The van der Waals surface area contributed by atoms with Gasteiger partial charge in [0.15, 0.2) is 0 Å². The van der Waals surface area contributed by atoms with Gasteiger partial charge in [-0.1, -0.05) is 0 Å². The zero-order chi connectivity index (χ0) is 4.28. The second kappa shape index (κ2) is 1.58. The number of rotatable bonds is 0. The molecule has 0 aliphatic rings. The number of hydrogen-bond donors (Lipinski definition) is 1. The molecule has 0 unspecified atom stereocenters. The third-order valence-corrected chi connectivity index (χ3v) is 0.142. The monoisotopic (exact) mass is 74.0 g/mol. The van der Waals surface area contributed by atoms with Gasteiger partial charge in [0.1, 0.15) is 7.11 Å². The standard InChI is InChI=1S/C2H4NO2/c1-5-2(3)4/h1H2,(H2,3,4). The first-order chi connectivity index (χ1) is 2.27. The average molecular weight is 74.1 g/mol. The van der Waals surface area contributed by atoms with Crippen molar-refractivity contribution in [2.75, 3.05) is 0 Å². The predicted molar refractivity (Wildman–Crippen MR) is 16.0 cm³/mol. The quantitative estimate of drug-likeness (QED) is 0.435. The van der Waals surface area contributed by atoms with Gasteiger partial charge in [-0.2, -0.15) is 0 Å². The van der Waals surface area contributed by atoms with Gasteiger partial charge in [0.25, 0.3) is 0 Å². The SMILES string of the molecule is [CH2]OC(N)=O. The molecule has 3 heteroatoms. The summed E-state index contributed by atoms with van der Waals surface area (Å²) in [6, 6.07) is 0. The van der Waals surface area contributed by atoms with Crippen LogP contribution in [-0.2, 0) is 4.74 Å². The van der Waals surface area contributed by atoms with Crippen molar-refractivity contribution in [3.05, 3.63) is 7.11 Å². The molecule has 0 aromatic carbocycles. The number of carbonyl (C=O) groups excluding carboxylic acids is 1. The number of primary amides is 1. The molecule has 1 amide bonds. The highest BCUT2D eigenvalue weighted by molar-refractivity contribution is 5.64. The van der Waals surface area contributed by atoms with Crippen LogP contribution in [0.5, 0.6) is 0 Å². The Morgan fingerprint density at radius 3 is 2.20 bits per heavy atom. The minimum Gasteiger partial charge on any atom is -0.446 e. The Morgan fingerprint density at radius 1 is 2.00 bits per heavy atom. The molecule has 0 aliphatic carbocycles. The summed E-state index contributed by atoms with van der Waals surface area (Å²) in [6.45, 7) is 0. The Balaban J connectivity index is 2.85. The minimum atomic E-state index is -0.856. The lowest BCUT2D eigenvalue weighted by Gasteiger charge is -1.80. The van der Waals surface area contributed by atoms with Crippen molar-refractivity contribution in [2.24, 2.45) is 5.73 Å². The molecule has 1 radical (unpaired) electrons. The zero-order valence-electron chi connectivity index (χ0n) is 2.60. The van der Waals surface area contributed by atoms with E-state index in [1.807, 2.05) is 0 Å². The fourth-order valence-corrected chi connectivity index (χ4v) is 0. The highest BCUT2D eigenvalue weighted by Gasteiger charge is 1.76. The molecule has 0 fully saturated rings. The van der Waals surface area contributed by atoms with E-state index < -0.39 is 6.09 Å². The van der Waals surface area contributed by atoms with E-state index in [0.717, 1.165) is 0 Å². The van der Waals surface area contributed by atoms with Crippen LogP contribution < -0.4 is 5.73 Å². The van der Waals surface area contributed by atoms with Crippen LogP contribution in [0.25, 0.3) is 0 Å². The Morgan fingerprint density at radius 2 is 2.20 bits per heavy atom. The number of hydrogen-bond acceptors (Lipinski definition) is 2. The Labute approximate surface area is 29.7 Å². The van der Waals surface area contributed by atoms with E-state index >= 15 is 0 Å². The fourth-order valence-electron chi connectivity index (χ4n) is 0. The highest BCUT2D eigenvalue weighted by atomic mass is 16.5. The smallest absolute Gasteiger partial charge is 0.404 e. The largest absolute Gasteiger partial charge is 0.446 e. The molecular weight excluding hydrogens is 70.0 g/mol. The average Bonchev–Trinajstić information content (AvgIpc) is 1.38. The van der Waals surface area contributed by atoms with Crippen LogP contribution in [0.15, 0.2) is 0 Å². The summed E-state index contributed by atoms with van der Waals surface area (Å²) in [4.78, 5) is 9.31. The topological polar surface area (TPSA) is 52.3 Å². The van der Waals surface area contributed by atoms with E-state index in [2.05, 4.69) is 17.6 Å². The third-order valence-electron chi connectivity index (χ3n) is 0.142. The molecule has 0 aromatic heterocycles. The second-order valence-corrected chi connectivity index (χ2v) is 0.463. The van der Waals surface area contributed by atoms with Crippen molar-refractivity contribution < 1.29 is 9.53 Å². The molecule has 0 heterocycles. The second-order valence-electron chi connectivity index (χ2n) is 0.463. The summed E-state index contributed by atoms with van der Waals surface area (Å²) in [7, 11) is 2.71. The van der Waals surface area contributed by atoms with Gasteiger partial charge in [-0.25, -0.2) is 4.79 Å². The number of carbonyl (C=O) groups is 1. The summed E-state index contributed by atoms with van der Waals surface area (Å²) >= 11 is 0. The highest BCUT2D eigenvalue weighted by Crippen LogP contribution is 1.58. The molecule has 3 nitrogen and oxygen atoms in total. The van der Waals surface area contributed by atoms with E-state index in [4.69, 9.17) is 0 Å². The Hall–Kier alpha value is -0.730. The molecule has 0 rings (SSSR count). The molecule has 0 bridgehead atoms. The lowest BCUT2D eigenvalue weighted by molar-refractivity contribution is 0.194. The first-order valence-electron chi connectivity index (χ1n) is 0.986. The first-order valence-corrected chi connectivity index (χ1v) is 0.986. The van der Waals surface area contributed by atoms with Crippen molar-refractivity contribution in [1.82, 2.24) is 0 Å². The van der Waals surface area contributed by atoms with Crippen molar-refractivity contribution in [2.45, 2.75) is 0 Å². The van der Waals surface area contributed by atoms with Crippen LogP contribution in [0.3, 0.4) is 0 Å². The molecule has 0 spiro atoms. The zero-order valence-corrected chi connectivity index (χ0v) is 2.60. The maximum Gasteiger partial charge on any atom is 0.404 e. The maximum atomic E-state index is 9.31. The number of ether oxygens (including phenoxy) is 1. The fraction of sp³-hybridized carbons (Fsp3) is 0. The molecule has 0 saturated heterocycles. The normalized spacial score (nSPS) is 6.60. The van der Waals surface area contributed by atoms with Gasteiger partial charge in [-0.05, 0) is 0 Å². The van der Waals surface area contributed by atoms with E-state index in [1.54, 1.807) is 0 Å². The molecular formula is C2H4NO2. The summed E-state index contributed by atoms with van der Waals surface area (Å²) < 4.78 is 3.64.